The standard InChI is InChI=1S/C16H16F3N3O3/c1-24-9-12-3-2-8-22(12)14(23)11-6-4-10(5-7-11)13-20-15(25-21-13)16(17,18)19/h4-7,12H,2-3,8-9H2,1H3. The van der Waals surface area contributed by atoms with Crippen molar-refractivity contribution in [3.8, 4) is 11.4 Å². The van der Waals surface area contributed by atoms with Gasteiger partial charge in [0.05, 0.1) is 12.6 Å². The van der Waals surface area contributed by atoms with Crippen LogP contribution >= 0.6 is 0 Å². The predicted octanol–water partition coefficient (Wildman–Crippen LogP) is 3.01. The lowest BCUT2D eigenvalue weighted by Crippen LogP contribution is -2.38. The zero-order chi connectivity index (χ0) is 18.0. The predicted molar refractivity (Wildman–Crippen MR) is 80.7 cm³/mol. The minimum absolute atomic E-state index is 0.0451. The summed E-state index contributed by atoms with van der Waals surface area (Å²) in [5, 5.41) is 3.32. The largest absolute Gasteiger partial charge is 0.471 e. The van der Waals surface area contributed by atoms with Crippen molar-refractivity contribution in [1.82, 2.24) is 15.0 Å². The van der Waals surface area contributed by atoms with Crippen molar-refractivity contribution < 1.29 is 27.2 Å². The molecule has 0 bridgehead atoms. The van der Waals surface area contributed by atoms with Crippen molar-refractivity contribution in [3.63, 3.8) is 0 Å². The Morgan fingerprint density at radius 3 is 2.68 bits per heavy atom. The van der Waals surface area contributed by atoms with Gasteiger partial charge in [0.25, 0.3) is 5.91 Å². The highest BCUT2D eigenvalue weighted by Gasteiger charge is 2.38. The Morgan fingerprint density at radius 2 is 2.08 bits per heavy atom. The second-order valence-electron chi connectivity index (χ2n) is 5.75. The average molecular weight is 355 g/mol. The maximum absolute atomic E-state index is 12.6. The summed E-state index contributed by atoms with van der Waals surface area (Å²) in [6, 6.07) is 6.13. The van der Waals surface area contributed by atoms with E-state index in [1.807, 2.05) is 0 Å². The van der Waals surface area contributed by atoms with Gasteiger partial charge in [0.1, 0.15) is 0 Å². The first kappa shape index (κ1) is 17.4. The molecule has 2 aromatic rings. The number of nitrogens with zero attached hydrogens (tertiary/aromatic N) is 3. The Bertz CT molecular complexity index is 743. The van der Waals surface area contributed by atoms with Crippen LogP contribution in [0.3, 0.4) is 0 Å². The molecule has 1 fully saturated rings. The quantitative estimate of drug-likeness (QED) is 0.843. The van der Waals surface area contributed by atoms with Crippen LogP contribution in [-0.4, -0.2) is 47.3 Å². The Hall–Kier alpha value is -2.42. The normalized spacial score (nSPS) is 17.9. The number of likely N-dealkylation sites (tertiary alicyclic amines) is 1. The zero-order valence-corrected chi connectivity index (χ0v) is 13.4. The molecule has 2 heterocycles. The summed E-state index contributed by atoms with van der Waals surface area (Å²) in [4.78, 5) is 17.7. The third kappa shape index (κ3) is 3.65. The summed E-state index contributed by atoms with van der Waals surface area (Å²) in [5.41, 5.74) is 0.789. The number of rotatable bonds is 4. The monoisotopic (exact) mass is 355 g/mol. The molecule has 3 rings (SSSR count). The van der Waals surface area contributed by atoms with Gasteiger partial charge in [-0.25, -0.2) is 0 Å². The van der Waals surface area contributed by atoms with E-state index in [9.17, 15) is 18.0 Å². The molecule has 1 aliphatic rings. The molecule has 134 valence electrons. The highest BCUT2D eigenvalue weighted by atomic mass is 19.4. The molecule has 9 heteroatoms. The Kier molecular flexibility index (Phi) is 4.76. The van der Waals surface area contributed by atoms with Gasteiger partial charge in [-0.15, -0.1) is 0 Å². The summed E-state index contributed by atoms with van der Waals surface area (Å²) < 4.78 is 46.9. The summed E-state index contributed by atoms with van der Waals surface area (Å²) in [6.45, 7) is 1.14. The first-order chi connectivity index (χ1) is 11.9. The topological polar surface area (TPSA) is 68.5 Å². The van der Waals surface area contributed by atoms with Crippen LogP contribution in [0.25, 0.3) is 11.4 Å². The van der Waals surface area contributed by atoms with Crippen LogP contribution in [0.4, 0.5) is 13.2 Å². The van der Waals surface area contributed by atoms with E-state index >= 15 is 0 Å². The number of methoxy groups -OCH3 is 1. The van der Waals surface area contributed by atoms with Crippen molar-refractivity contribution in [1.29, 1.82) is 0 Å². The molecule has 0 saturated carbocycles. The number of halogens is 3. The Balaban J connectivity index is 1.76. The molecule has 0 N–H and O–H groups in total. The van der Waals surface area contributed by atoms with E-state index in [1.165, 1.54) is 12.1 Å². The molecule has 1 aromatic heterocycles. The number of ether oxygens (including phenoxy) is 1. The van der Waals surface area contributed by atoms with E-state index in [2.05, 4.69) is 14.7 Å². The Morgan fingerprint density at radius 1 is 1.36 bits per heavy atom. The fraction of sp³-hybridized carbons (Fsp3) is 0.438. The van der Waals surface area contributed by atoms with Gasteiger partial charge in [-0.3, -0.25) is 4.79 Å². The molecular formula is C16H16F3N3O3. The number of hydrogen-bond acceptors (Lipinski definition) is 5. The average Bonchev–Trinajstić information content (AvgIpc) is 3.24. The molecule has 25 heavy (non-hydrogen) atoms. The molecule has 1 aromatic carbocycles. The van der Waals surface area contributed by atoms with Crippen LogP contribution in [0.5, 0.6) is 0 Å². The van der Waals surface area contributed by atoms with Gasteiger partial charge in [0.15, 0.2) is 0 Å². The minimum Gasteiger partial charge on any atom is -0.383 e. The number of hydrogen-bond donors (Lipinski definition) is 0. The van der Waals surface area contributed by atoms with Gasteiger partial charge in [0.2, 0.25) is 5.82 Å². The SMILES string of the molecule is COCC1CCCN1C(=O)c1ccc(-c2noc(C(F)(F)F)n2)cc1. The fourth-order valence-electron chi connectivity index (χ4n) is 2.85. The molecule has 1 amide bonds. The van der Waals surface area contributed by atoms with E-state index in [4.69, 9.17) is 4.74 Å². The second-order valence-corrected chi connectivity index (χ2v) is 5.75. The van der Waals surface area contributed by atoms with Gasteiger partial charge < -0.3 is 14.2 Å². The highest BCUT2D eigenvalue weighted by Crippen LogP contribution is 2.29. The molecule has 1 unspecified atom stereocenters. The lowest BCUT2D eigenvalue weighted by Gasteiger charge is -2.24. The van der Waals surface area contributed by atoms with Gasteiger partial charge in [-0.05, 0) is 25.0 Å². The Labute approximate surface area is 141 Å². The van der Waals surface area contributed by atoms with Crippen LogP contribution in [-0.2, 0) is 10.9 Å². The molecule has 1 saturated heterocycles. The number of benzene rings is 1. The molecule has 0 spiro atoms. The van der Waals surface area contributed by atoms with Crippen molar-refractivity contribution in [2.45, 2.75) is 25.1 Å². The lowest BCUT2D eigenvalue weighted by atomic mass is 10.1. The number of aromatic nitrogens is 2. The van der Waals surface area contributed by atoms with Crippen LogP contribution < -0.4 is 0 Å². The summed E-state index contributed by atoms with van der Waals surface area (Å²) in [5.74, 6) is -1.71. The van der Waals surface area contributed by atoms with E-state index in [-0.39, 0.29) is 17.8 Å². The van der Waals surface area contributed by atoms with Crippen LogP contribution in [0, 0.1) is 0 Å². The van der Waals surface area contributed by atoms with Crippen LogP contribution in [0.15, 0.2) is 28.8 Å². The van der Waals surface area contributed by atoms with Gasteiger partial charge in [-0.2, -0.15) is 18.2 Å². The zero-order valence-electron chi connectivity index (χ0n) is 13.4. The molecule has 1 atom stereocenters. The van der Waals surface area contributed by atoms with E-state index in [1.54, 1.807) is 24.1 Å². The van der Waals surface area contributed by atoms with Crippen molar-refractivity contribution in [3.05, 3.63) is 35.7 Å². The van der Waals surface area contributed by atoms with E-state index in [0.29, 0.717) is 24.3 Å². The summed E-state index contributed by atoms with van der Waals surface area (Å²) in [6.07, 6.45) is -2.88. The summed E-state index contributed by atoms with van der Waals surface area (Å²) >= 11 is 0. The summed E-state index contributed by atoms with van der Waals surface area (Å²) in [7, 11) is 1.59. The van der Waals surface area contributed by atoms with Crippen molar-refractivity contribution in [2.24, 2.45) is 0 Å². The maximum Gasteiger partial charge on any atom is 0.471 e. The van der Waals surface area contributed by atoms with Gasteiger partial charge in [-0.1, -0.05) is 17.3 Å². The van der Waals surface area contributed by atoms with Crippen LogP contribution in [0.1, 0.15) is 29.1 Å². The number of carbonyl (C=O) groups is 1. The van der Waals surface area contributed by atoms with Crippen molar-refractivity contribution in [2.75, 3.05) is 20.3 Å². The fourth-order valence-corrected chi connectivity index (χ4v) is 2.85. The van der Waals surface area contributed by atoms with Crippen LogP contribution in [0.2, 0.25) is 0 Å². The van der Waals surface area contributed by atoms with Gasteiger partial charge in [0, 0.05) is 24.8 Å². The van der Waals surface area contributed by atoms with Gasteiger partial charge >= 0.3 is 12.1 Å². The lowest BCUT2D eigenvalue weighted by molar-refractivity contribution is -0.159. The second kappa shape index (κ2) is 6.83. The number of alkyl halides is 3. The smallest absolute Gasteiger partial charge is 0.383 e. The molecule has 6 nitrogen and oxygen atoms in total. The van der Waals surface area contributed by atoms with Crippen molar-refractivity contribution >= 4 is 5.91 Å². The molecule has 0 radical (unpaired) electrons. The van der Waals surface area contributed by atoms with E-state index in [0.717, 1.165) is 12.8 Å². The highest BCUT2D eigenvalue weighted by molar-refractivity contribution is 5.95. The first-order valence-electron chi connectivity index (χ1n) is 7.71. The third-order valence-corrected chi connectivity index (χ3v) is 4.06. The minimum atomic E-state index is -4.69. The first-order valence-corrected chi connectivity index (χ1v) is 7.71. The molecule has 0 aliphatic carbocycles. The molecule has 1 aliphatic heterocycles. The van der Waals surface area contributed by atoms with E-state index < -0.39 is 12.1 Å². The third-order valence-electron chi connectivity index (χ3n) is 4.06. The number of amides is 1. The number of carbonyl (C=O) groups excluding carboxylic acids is 1. The maximum atomic E-state index is 12.6. The molecular weight excluding hydrogens is 339 g/mol.